The van der Waals surface area contributed by atoms with E-state index in [0.717, 1.165) is 6.07 Å². The summed E-state index contributed by atoms with van der Waals surface area (Å²) < 4.78 is 27.4. The highest BCUT2D eigenvalue weighted by Crippen LogP contribution is 2.33. The third-order valence-electron chi connectivity index (χ3n) is 2.85. The van der Waals surface area contributed by atoms with Crippen LogP contribution in [0.2, 0.25) is 0 Å². The average Bonchev–Trinajstić information content (AvgIpc) is 2.22. The molecular formula is C12H14F2O3. The van der Waals surface area contributed by atoms with Crippen molar-refractivity contribution >= 4 is 5.97 Å². The zero-order valence-electron chi connectivity index (χ0n) is 9.79. The fourth-order valence-electron chi connectivity index (χ4n) is 1.69. The molecule has 0 saturated heterocycles. The van der Waals surface area contributed by atoms with Crippen LogP contribution in [-0.4, -0.2) is 22.3 Å². The standard InChI is InChI=1S/C12H14F2O3/c1-6-4-5-7(13)8(9(6)14)12(2,3)10(15)11(16)17/h4-5,10,15H,1-3H3,(H,16,17). The van der Waals surface area contributed by atoms with Crippen molar-refractivity contribution in [3.8, 4) is 0 Å². The Morgan fingerprint density at radius 1 is 1.35 bits per heavy atom. The molecule has 1 aromatic rings. The number of aliphatic hydroxyl groups is 1. The lowest BCUT2D eigenvalue weighted by atomic mass is 9.78. The van der Waals surface area contributed by atoms with Crippen LogP contribution in [0.15, 0.2) is 12.1 Å². The number of aliphatic carboxylic acids is 1. The quantitative estimate of drug-likeness (QED) is 0.855. The van der Waals surface area contributed by atoms with E-state index >= 15 is 0 Å². The zero-order valence-corrected chi connectivity index (χ0v) is 9.79. The monoisotopic (exact) mass is 244 g/mol. The molecule has 1 aromatic carbocycles. The third-order valence-corrected chi connectivity index (χ3v) is 2.85. The van der Waals surface area contributed by atoms with Crippen LogP contribution < -0.4 is 0 Å². The molecule has 3 nitrogen and oxygen atoms in total. The second kappa shape index (κ2) is 4.41. The van der Waals surface area contributed by atoms with E-state index in [4.69, 9.17) is 5.11 Å². The molecule has 0 fully saturated rings. The molecule has 1 atom stereocenters. The molecule has 5 heteroatoms. The van der Waals surface area contributed by atoms with Crippen LogP contribution in [0.1, 0.15) is 25.0 Å². The van der Waals surface area contributed by atoms with Crippen molar-refractivity contribution in [3.63, 3.8) is 0 Å². The van der Waals surface area contributed by atoms with Crippen molar-refractivity contribution < 1.29 is 23.8 Å². The Balaban J connectivity index is 3.42. The highest BCUT2D eigenvalue weighted by molar-refractivity contribution is 5.74. The van der Waals surface area contributed by atoms with Crippen LogP contribution in [0.4, 0.5) is 8.78 Å². The fraction of sp³-hybridized carbons (Fsp3) is 0.417. The molecule has 0 amide bonds. The topological polar surface area (TPSA) is 57.5 Å². The summed E-state index contributed by atoms with van der Waals surface area (Å²) in [6, 6.07) is 2.32. The summed E-state index contributed by atoms with van der Waals surface area (Å²) in [5.74, 6) is -3.20. The first kappa shape index (κ1) is 13.6. The smallest absolute Gasteiger partial charge is 0.333 e. The molecule has 0 heterocycles. The first-order valence-electron chi connectivity index (χ1n) is 5.05. The first-order valence-corrected chi connectivity index (χ1v) is 5.05. The second-order valence-corrected chi connectivity index (χ2v) is 4.52. The molecule has 0 saturated carbocycles. The molecule has 0 bridgehead atoms. The average molecular weight is 244 g/mol. The van der Waals surface area contributed by atoms with Crippen LogP contribution >= 0.6 is 0 Å². The summed E-state index contributed by atoms with van der Waals surface area (Å²) in [6.45, 7) is 4.01. The summed E-state index contributed by atoms with van der Waals surface area (Å²) in [7, 11) is 0. The maximum Gasteiger partial charge on any atom is 0.333 e. The van der Waals surface area contributed by atoms with Gasteiger partial charge in [-0.2, -0.15) is 0 Å². The highest BCUT2D eigenvalue weighted by atomic mass is 19.1. The number of hydrogen-bond acceptors (Lipinski definition) is 2. The van der Waals surface area contributed by atoms with E-state index < -0.39 is 34.7 Å². The largest absolute Gasteiger partial charge is 0.479 e. The Hall–Kier alpha value is -1.49. The van der Waals surface area contributed by atoms with Crippen LogP contribution in [0, 0.1) is 18.6 Å². The highest BCUT2D eigenvalue weighted by Gasteiger charge is 2.39. The van der Waals surface area contributed by atoms with E-state index in [0.29, 0.717) is 0 Å². The summed E-state index contributed by atoms with van der Waals surface area (Å²) in [5, 5.41) is 18.2. The minimum Gasteiger partial charge on any atom is -0.479 e. The molecule has 1 unspecified atom stereocenters. The summed E-state index contributed by atoms with van der Waals surface area (Å²) in [4.78, 5) is 10.7. The van der Waals surface area contributed by atoms with Crippen LogP contribution in [0.25, 0.3) is 0 Å². The van der Waals surface area contributed by atoms with Gasteiger partial charge in [0.15, 0.2) is 6.10 Å². The van der Waals surface area contributed by atoms with Gasteiger partial charge in [0, 0.05) is 11.0 Å². The molecule has 0 aliphatic rings. The number of aliphatic hydroxyl groups excluding tert-OH is 1. The van der Waals surface area contributed by atoms with Gasteiger partial charge in [0.25, 0.3) is 0 Å². The summed E-state index contributed by atoms with van der Waals surface area (Å²) in [5.41, 5.74) is -1.76. The van der Waals surface area contributed by atoms with Gasteiger partial charge in [0.2, 0.25) is 0 Å². The predicted octanol–water partition coefficient (Wildman–Crippen LogP) is 2.00. The van der Waals surface area contributed by atoms with Crippen molar-refractivity contribution in [2.75, 3.05) is 0 Å². The number of benzene rings is 1. The number of hydrogen-bond donors (Lipinski definition) is 2. The number of halogens is 2. The molecule has 2 N–H and O–H groups in total. The first-order chi connectivity index (χ1) is 7.69. The van der Waals surface area contributed by atoms with Crippen molar-refractivity contribution in [2.24, 2.45) is 0 Å². The molecule has 0 radical (unpaired) electrons. The van der Waals surface area contributed by atoms with E-state index in [-0.39, 0.29) is 5.56 Å². The molecule has 17 heavy (non-hydrogen) atoms. The minimum absolute atomic E-state index is 0.201. The zero-order chi connectivity index (χ0) is 13.4. The van der Waals surface area contributed by atoms with Crippen LogP contribution in [-0.2, 0) is 10.2 Å². The SMILES string of the molecule is Cc1ccc(F)c(C(C)(C)C(O)C(=O)O)c1F. The molecule has 0 aromatic heterocycles. The fourth-order valence-corrected chi connectivity index (χ4v) is 1.69. The molecule has 0 aliphatic heterocycles. The van der Waals surface area contributed by atoms with Gasteiger partial charge in [-0.05, 0) is 18.6 Å². The van der Waals surface area contributed by atoms with Crippen LogP contribution in [0.3, 0.4) is 0 Å². The van der Waals surface area contributed by atoms with Crippen molar-refractivity contribution in [2.45, 2.75) is 32.3 Å². The number of aryl methyl sites for hydroxylation is 1. The minimum atomic E-state index is -1.88. The van der Waals surface area contributed by atoms with E-state index in [1.165, 1.54) is 26.8 Å². The molecular weight excluding hydrogens is 230 g/mol. The van der Waals surface area contributed by atoms with Gasteiger partial charge in [0.1, 0.15) is 11.6 Å². The Bertz CT molecular complexity index is 455. The predicted molar refractivity (Wildman–Crippen MR) is 57.8 cm³/mol. The second-order valence-electron chi connectivity index (χ2n) is 4.52. The van der Waals surface area contributed by atoms with Crippen molar-refractivity contribution in [1.82, 2.24) is 0 Å². The van der Waals surface area contributed by atoms with E-state index in [1.54, 1.807) is 0 Å². The van der Waals surface area contributed by atoms with Crippen molar-refractivity contribution in [1.29, 1.82) is 0 Å². The lowest BCUT2D eigenvalue weighted by Crippen LogP contribution is -2.41. The normalized spacial score (nSPS) is 13.5. The summed E-state index contributed by atoms with van der Waals surface area (Å²) >= 11 is 0. The van der Waals surface area contributed by atoms with Gasteiger partial charge in [-0.15, -0.1) is 0 Å². The number of carboxylic acid groups (broad SMARTS) is 1. The van der Waals surface area contributed by atoms with Gasteiger partial charge in [-0.25, -0.2) is 13.6 Å². The van der Waals surface area contributed by atoms with E-state index in [2.05, 4.69) is 0 Å². The third kappa shape index (κ3) is 2.29. The van der Waals surface area contributed by atoms with E-state index in [1.807, 2.05) is 0 Å². The summed E-state index contributed by atoms with van der Waals surface area (Å²) in [6.07, 6.45) is -1.88. The Kier molecular flexibility index (Phi) is 3.52. The number of carbonyl (C=O) groups is 1. The Morgan fingerprint density at radius 2 is 1.88 bits per heavy atom. The van der Waals surface area contributed by atoms with Gasteiger partial charge in [-0.1, -0.05) is 19.9 Å². The number of carboxylic acids is 1. The maximum absolute atomic E-state index is 13.8. The maximum atomic E-state index is 13.8. The van der Waals surface area contributed by atoms with Gasteiger partial charge in [0.05, 0.1) is 0 Å². The molecule has 0 spiro atoms. The lowest BCUT2D eigenvalue weighted by Gasteiger charge is -2.29. The Morgan fingerprint density at radius 3 is 2.35 bits per heavy atom. The number of rotatable bonds is 3. The Labute approximate surface area is 97.7 Å². The molecule has 94 valence electrons. The van der Waals surface area contributed by atoms with Crippen molar-refractivity contribution in [3.05, 3.63) is 34.9 Å². The van der Waals surface area contributed by atoms with E-state index in [9.17, 15) is 18.7 Å². The van der Waals surface area contributed by atoms with Gasteiger partial charge >= 0.3 is 5.97 Å². The van der Waals surface area contributed by atoms with Gasteiger partial charge in [-0.3, -0.25) is 0 Å². The van der Waals surface area contributed by atoms with Gasteiger partial charge < -0.3 is 10.2 Å². The van der Waals surface area contributed by atoms with Crippen LogP contribution in [0.5, 0.6) is 0 Å². The lowest BCUT2D eigenvalue weighted by molar-refractivity contribution is -0.150. The molecule has 0 aliphatic carbocycles. The molecule has 1 rings (SSSR count).